The van der Waals surface area contributed by atoms with Crippen molar-refractivity contribution in [3.63, 3.8) is 0 Å². The molecule has 1 fully saturated rings. The van der Waals surface area contributed by atoms with E-state index in [0.717, 1.165) is 12.0 Å². The molecule has 3 rings (SSSR count). The molecule has 1 N–H and O–H groups in total. The molecule has 1 saturated heterocycles. The molecule has 0 atom stereocenters. The van der Waals surface area contributed by atoms with E-state index in [0.29, 0.717) is 39.9 Å². The van der Waals surface area contributed by atoms with Crippen molar-refractivity contribution in [2.24, 2.45) is 0 Å². The van der Waals surface area contributed by atoms with Crippen LogP contribution in [0.3, 0.4) is 0 Å². The van der Waals surface area contributed by atoms with Crippen LogP contribution in [0.25, 0.3) is 0 Å². The second-order valence-electron chi connectivity index (χ2n) is 5.68. The molecule has 0 spiro atoms. The van der Waals surface area contributed by atoms with Gasteiger partial charge < -0.3 is 10.2 Å². The van der Waals surface area contributed by atoms with Crippen molar-refractivity contribution in [3.05, 3.63) is 57.6 Å². The number of carbonyl (C=O) groups is 2. The Balaban J connectivity index is 1.88. The number of halogens is 2. The lowest BCUT2D eigenvalue weighted by molar-refractivity contribution is -0.117. The molecule has 2 aromatic rings. The number of anilines is 2. The Bertz CT molecular complexity index is 821. The van der Waals surface area contributed by atoms with Crippen molar-refractivity contribution in [3.8, 4) is 0 Å². The van der Waals surface area contributed by atoms with Crippen LogP contribution in [-0.2, 0) is 4.79 Å². The van der Waals surface area contributed by atoms with E-state index in [1.54, 1.807) is 41.3 Å². The highest BCUT2D eigenvalue weighted by atomic mass is 35.5. The van der Waals surface area contributed by atoms with Crippen LogP contribution in [0.2, 0.25) is 10.0 Å². The van der Waals surface area contributed by atoms with Gasteiger partial charge in [0.1, 0.15) is 0 Å². The van der Waals surface area contributed by atoms with E-state index < -0.39 is 0 Å². The Morgan fingerprint density at radius 1 is 1.17 bits per heavy atom. The maximum atomic E-state index is 12.5. The van der Waals surface area contributed by atoms with E-state index in [2.05, 4.69) is 5.32 Å². The molecule has 6 heteroatoms. The molecular formula is C18H16Cl2N2O2. The van der Waals surface area contributed by atoms with Gasteiger partial charge in [0, 0.05) is 29.2 Å². The van der Waals surface area contributed by atoms with Gasteiger partial charge in [0.25, 0.3) is 5.91 Å². The molecule has 0 aromatic heterocycles. The van der Waals surface area contributed by atoms with Crippen molar-refractivity contribution >= 4 is 46.4 Å². The summed E-state index contributed by atoms with van der Waals surface area (Å²) < 4.78 is 0. The molecule has 2 amide bonds. The first-order chi connectivity index (χ1) is 11.5. The third-order valence-electron chi connectivity index (χ3n) is 4.09. The van der Waals surface area contributed by atoms with Gasteiger partial charge in [0.05, 0.1) is 10.7 Å². The molecule has 124 valence electrons. The third kappa shape index (κ3) is 3.25. The van der Waals surface area contributed by atoms with Crippen LogP contribution in [0.15, 0.2) is 36.4 Å². The third-order valence-corrected chi connectivity index (χ3v) is 4.82. The molecule has 1 aliphatic heterocycles. The molecule has 1 aliphatic rings. The highest BCUT2D eigenvalue weighted by Crippen LogP contribution is 2.31. The average Bonchev–Trinajstić information content (AvgIpc) is 2.98. The Kier molecular flexibility index (Phi) is 4.78. The smallest absolute Gasteiger partial charge is 0.255 e. The second-order valence-corrected chi connectivity index (χ2v) is 6.50. The molecule has 0 aliphatic carbocycles. The van der Waals surface area contributed by atoms with Crippen LogP contribution >= 0.6 is 23.2 Å². The summed E-state index contributed by atoms with van der Waals surface area (Å²) in [5.41, 5.74) is 2.47. The number of rotatable bonds is 3. The lowest BCUT2D eigenvalue weighted by atomic mass is 10.1. The number of benzene rings is 2. The van der Waals surface area contributed by atoms with Gasteiger partial charge in [0.15, 0.2) is 0 Å². The van der Waals surface area contributed by atoms with Crippen molar-refractivity contribution in [2.45, 2.75) is 19.8 Å². The maximum absolute atomic E-state index is 12.5. The highest BCUT2D eigenvalue weighted by Gasteiger charge is 2.24. The molecule has 4 nitrogen and oxygen atoms in total. The fourth-order valence-electron chi connectivity index (χ4n) is 2.70. The average molecular weight is 363 g/mol. The van der Waals surface area contributed by atoms with Gasteiger partial charge >= 0.3 is 0 Å². The number of nitrogens with one attached hydrogen (secondary N) is 1. The summed E-state index contributed by atoms with van der Waals surface area (Å²) >= 11 is 12.3. The summed E-state index contributed by atoms with van der Waals surface area (Å²) in [4.78, 5) is 26.1. The van der Waals surface area contributed by atoms with Gasteiger partial charge in [-0.1, -0.05) is 29.3 Å². The van der Waals surface area contributed by atoms with Crippen LogP contribution in [0.5, 0.6) is 0 Å². The molecule has 0 radical (unpaired) electrons. The SMILES string of the molecule is Cc1c(Cl)cccc1NC(=O)c1ccc(Cl)c(N2CCCC2=O)c1. The Labute approximate surface area is 150 Å². The molecule has 0 saturated carbocycles. The van der Waals surface area contributed by atoms with E-state index in [1.165, 1.54) is 0 Å². The lowest BCUT2D eigenvalue weighted by Gasteiger charge is -2.18. The minimum Gasteiger partial charge on any atom is -0.322 e. The van der Waals surface area contributed by atoms with Gasteiger partial charge in [-0.05, 0) is 49.2 Å². The summed E-state index contributed by atoms with van der Waals surface area (Å²) in [6.07, 6.45) is 1.31. The second kappa shape index (κ2) is 6.83. The maximum Gasteiger partial charge on any atom is 0.255 e. The van der Waals surface area contributed by atoms with Crippen molar-refractivity contribution in [2.75, 3.05) is 16.8 Å². The van der Waals surface area contributed by atoms with Crippen LogP contribution in [0.1, 0.15) is 28.8 Å². The lowest BCUT2D eigenvalue weighted by Crippen LogP contribution is -2.24. The summed E-state index contributed by atoms with van der Waals surface area (Å²) in [7, 11) is 0. The van der Waals surface area contributed by atoms with Gasteiger partial charge in [-0.2, -0.15) is 0 Å². The molecule has 0 unspecified atom stereocenters. The van der Waals surface area contributed by atoms with E-state index >= 15 is 0 Å². The van der Waals surface area contributed by atoms with E-state index in [9.17, 15) is 9.59 Å². The summed E-state index contributed by atoms with van der Waals surface area (Å²) in [5.74, 6) is -0.245. The van der Waals surface area contributed by atoms with Gasteiger partial charge in [-0.3, -0.25) is 9.59 Å². The quantitative estimate of drug-likeness (QED) is 0.861. The number of amides is 2. The summed E-state index contributed by atoms with van der Waals surface area (Å²) in [6, 6.07) is 10.3. The predicted molar refractivity (Wildman–Crippen MR) is 97.2 cm³/mol. The van der Waals surface area contributed by atoms with E-state index in [4.69, 9.17) is 23.2 Å². The number of hydrogen-bond donors (Lipinski definition) is 1. The van der Waals surface area contributed by atoms with E-state index in [-0.39, 0.29) is 11.8 Å². The zero-order valence-corrected chi connectivity index (χ0v) is 14.6. The predicted octanol–water partition coefficient (Wildman–Crippen LogP) is 4.68. The van der Waals surface area contributed by atoms with Gasteiger partial charge in [-0.15, -0.1) is 0 Å². The topological polar surface area (TPSA) is 49.4 Å². The van der Waals surface area contributed by atoms with E-state index in [1.807, 2.05) is 6.92 Å². The number of carbonyl (C=O) groups excluding carboxylic acids is 2. The number of hydrogen-bond acceptors (Lipinski definition) is 2. The summed E-state index contributed by atoms with van der Waals surface area (Å²) in [5, 5.41) is 3.89. The first kappa shape index (κ1) is 16.8. The molecular weight excluding hydrogens is 347 g/mol. The fraction of sp³-hybridized carbons (Fsp3) is 0.222. The molecule has 24 heavy (non-hydrogen) atoms. The minimum absolute atomic E-state index is 0.0279. The zero-order valence-electron chi connectivity index (χ0n) is 13.1. The van der Waals surface area contributed by atoms with Crippen LogP contribution in [0, 0.1) is 6.92 Å². The summed E-state index contributed by atoms with van der Waals surface area (Å²) in [6.45, 7) is 2.46. The minimum atomic E-state index is -0.273. The van der Waals surface area contributed by atoms with Crippen molar-refractivity contribution < 1.29 is 9.59 Å². The Morgan fingerprint density at radius 2 is 1.96 bits per heavy atom. The Morgan fingerprint density at radius 3 is 2.67 bits per heavy atom. The number of nitrogens with zero attached hydrogens (tertiary/aromatic N) is 1. The highest BCUT2D eigenvalue weighted by molar-refractivity contribution is 6.34. The van der Waals surface area contributed by atoms with Crippen LogP contribution in [-0.4, -0.2) is 18.4 Å². The van der Waals surface area contributed by atoms with Crippen molar-refractivity contribution in [1.82, 2.24) is 0 Å². The first-order valence-electron chi connectivity index (χ1n) is 7.64. The molecule has 0 bridgehead atoms. The standard InChI is InChI=1S/C18H16Cl2N2O2/c1-11-13(19)4-2-5-15(11)21-18(24)12-7-8-14(20)16(10-12)22-9-3-6-17(22)23/h2,4-5,7-8,10H,3,6,9H2,1H3,(H,21,24). The molecule has 2 aromatic carbocycles. The Hall–Kier alpha value is -2.04. The van der Waals surface area contributed by atoms with Crippen molar-refractivity contribution in [1.29, 1.82) is 0 Å². The van der Waals surface area contributed by atoms with Gasteiger partial charge in [0.2, 0.25) is 5.91 Å². The normalized spacial score (nSPS) is 14.1. The van der Waals surface area contributed by atoms with Crippen LogP contribution < -0.4 is 10.2 Å². The van der Waals surface area contributed by atoms with Gasteiger partial charge in [-0.25, -0.2) is 0 Å². The fourth-order valence-corrected chi connectivity index (χ4v) is 3.10. The first-order valence-corrected chi connectivity index (χ1v) is 8.39. The molecule has 1 heterocycles. The monoisotopic (exact) mass is 362 g/mol. The zero-order chi connectivity index (χ0) is 17.3. The van der Waals surface area contributed by atoms with Crippen LogP contribution in [0.4, 0.5) is 11.4 Å². The largest absolute Gasteiger partial charge is 0.322 e.